The number of halogens is 1. The Morgan fingerprint density at radius 1 is 1.00 bits per heavy atom. The monoisotopic (exact) mass is 307 g/mol. The zero-order chi connectivity index (χ0) is 15.2. The van der Waals surface area contributed by atoms with E-state index in [0.29, 0.717) is 24.6 Å². The van der Waals surface area contributed by atoms with Crippen LogP contribution in [-0.4, -0.2) is 19.3 Å². The Balaban J connectivity index is 2.03. The van der Waals surface area contributed by atoms with Crippen molar-refractivity contribution in [2.24, 2.45) is 0 Å². The van der Waals surface area contributed by atoms with Gasteiger partial charge in [-0.05, 0) is 35.4 Å². The number of nitrogens with one attached hydrogen (secondary N) is 1. The smallest absolute Gasteiger partial charge is 0.200 e. The molecule has 0 spiro atoms. The third-order valence-electron chi connectivity index (χ3n) is 3.09. The molecule has 0 aliphatic rings. The van der Waals surface area contributed by atoms with Gasteiger partial charge >= 0.3 is 0 Å². The Kier molecular flexibility index (Phi) is 5.31. The van der Waals surface area contributed by atoms with E-state index in [1.807, 2.05) is 24.3 Å². The zero-order valence-electron chi connectivity index (χ0n) is 12.0. The predicted octanol–water partition coefficient (Wildman–Crippen LogP) is 3.35. The van der Waals surface area contributed by atoms with Gasteiger partial charge in [-0.3, -0.25) is 0 Å². The van der Waals surface area contributed by atoms with Crippen LogP contribution in [0.1, 0.15) is 11.1 Å². The first-order valence-corrected chi connectivity index (χ1v) is 6.91. The third kappa shape index (κ3) is 4.03. The summed E-state index contributed by atoms with van der Waals surface area (Å²) >= 11 is 5.95. The maximum absolute atomic E-state index is 9.86. The second-order valence-electron chi connectivity index (χ2n) is 4.58. The van der Waals surface area contributed by atoms with Crippen molar-refractivity contribution in [3.63, 3.8) is 0 Å². The summed E-state index contributed by atoms with van der Waals surface area (Å²) in [7, 11) is 3.02. The van der Waals surface area contributed by atoms with E-state index in [1.54, 1.807) is 12.1 Å². The van der Waals surface area contributed by atoms with Crippen LogP contribution in [0.2, 0.25) is 5.02 Å². The third-order valence-corrected chi connectivity index (χ3v) is 3.32. The van der Waals surface area contributed by atoms with E-state index in [0.717, 1.165) is 16.1 Å². The molecule has 2 aromatic carbocycles. The van der Waals surface area contributed by atoms with Gasteiger partial charge in [0.2, 0.25) is 5.75 Å². The van der Waals surface area contributed by atoms with Crippen molar-refractivity contribution in [2.45, 2.75) is 13.1 Å². The predicted molar refractivity (Wildman–Crippen MR) is 83.2 cm³/mol. The molecule has 5 heteroatoms. The number of benzene rings is 2. The molecule has 0 saturated heterocycles. The molecule has 0 aliphatic carbocycles. The average Bonchev–Trinajstić information content (AvgIpc) is 2.48. The van der Waals surface area contributed by atoms with Crippen molar-refractivity contribution in [2.75, 3.05) is 14.2 Å². The fraction of sp³-hybridized carbons (Fsp3) is 0.250. The zero-order valence-corrected chi connectivity index (χ0v) is 12.8. The van der Waals surface area contributed by atoms with Crippen LogP contribution in [0.3, 0.4) is 0 Å². The standard InChI is InChI=1S/C16H18ClNO3/c1-20-14-7-12(8-15(21-2)16(14)19)10-18-9-11-4-3-5-13(17)6-11/h3-8,18-19H,9-10H2,1-2H3. The van der Waals surface area contributed by atoms with Crippen molar-refractivity contribution in [1.82, 2.24) is 5.32 Å². The lowest BCUT2D eigenvalue weighted by molar-refractivity contribution is 0.339. The molecule has 0 aromatic heterocycles. The summed E-state index contributed by atoms with van der Waals surface area (Å²) in [6.07, 6.45) is 0. The summed E-state index contributed by atoms with van der Waals surface area (Å²) < 4.78 is 10.3. The first-order chi connectivity index (χ1) is 10.1. The molecule has 0 atom stereocenters. The Bertz CT molecular complexity index is 591. The summed E-state index contributed by atoms with van der Waals surface area (Å²) in [5, 5.41) is 13.9. The highest BCUT2D eigenvalue weighted by molar-refractivity contribution is 6.30. The minimum atomic E-state index is 0.0126. The first kappa shape index (κ1) is 15.5. The van der Waals surface area contributed by atoms with Gasteiger partial charge < -0.3 is 19.9 Å². The summed E-state index contributed by atoms with van der Waals surface area (Å²) in [5.74, 6) is 0.807. The van der Waals surface area contributed by atoms with E-state index in [-0.39, 0.29) is 5.75 Å². The van der Waals surface area contributed by atoms with Gasteiger partial charge in [-0.15, -0.1) is 0 Å². The number of ether oxygens (including phenoxy) is 2. The molecular formula is C16H18ClNO3. The van der Waals surface area contributed by atoms with Gasteiger partial charge in [0.15, 0.2) is 11.5 Å². The Labute approximate surface area is 129 Å². The number of methoxy groups -OCH3 is 2. The molecule has 0 saturated carbocycles. The van der Waals surface area contributed by atoms with Crippen LogP contribution in [0.25, 0.3) is 0 Å². The molecule has 2 aromatic rings. The Morgan fingerprint density at radius 2 is 1.62 bits per heavy atom. The molecule has 0 heterocycles. The van der Waals surface area contributed by atoms with E-state index < -0.39 is 0 Å². The van der Waals surface area contributed by atoms with Gasteiger partial charge in [0.05, 0.1) is 14.2 Å². The number of rotatable bonds is 6. The number of hydrogen-bond donors (Lipinski definition) is 2. The van der Waals surface area contributed by atoms with Crippen LogP contribution < -0.4 is 14.8 Å². The second kappa shape index (κ2) is 7.20. The van der Waals surface area contributed by atoms with E-state index in [9.17, 15) is 5.11 Å². The number of hydrogen-bond acceptors (Lipinski definition) is 4. The summed E-state index contributed by atoms with van der Waals surface area (Å²) in [6.45, 7) is 1.32. The number of aromatic hydroxyl groups is 1. The topological polar surface area (TPSA) is 50.7 Å². The van der Waals surface area contributed by atoms with Crippen LogP contribution in [0.15, 0.2) is 36.4 Å². The Hall–Kier alpha value is -1.91. The SMILES string of the molecule is COc1cc(CNCc2cccc(Cl)c2)cc(OC)c1O. The lowest BCUT2D eigenvalue weighted by Gasteiger charge is -2.12. The van der Waals surface area contributed by atoms with E-state index in [2.05, 4.69) is 5.32 Å². The van der Waals surface area contributed by atoms with Crippen LogP contribution in [0.5, 0.6) is 17.2 Å². The highest BCUT2D eigenvalue weighted by Crippen LogP contribution is 2.37. The molecule has 112 valence electrons. The quantitative estimate of drug-likeness (QED) is 0.859. The van der Waals surface area contributed by atoms with Crippen LogP contribution in [0, 0.1) is 0 Å². The summed E-state index contributed by atoms with van der Waals surface area (Å²) in [6, 6.07) is 11.3. The molecule has 0 fully saturated rings. The van der Waals surface area contributed by atoms with E-state index in [4.69, 9.17) is 21.1 Å². The van der Waals surface area contributed by atoms with Crippen molar-refractivity contribution in [3.8, 4) is 17.2 Å². The molecule has 2 N–H and O–H groups in total. The fourth-order valence-corrected chi connectivity index (χ4v) is 2.26. The summed E-state index contributed by atoms with van der Waals surface area (Å²) in [4.78, 5) is 0. The highest BCUT2D eigenvalue weighted by Gasteiger charge is 2.10. The van der Waals surface area contributed by atoms with Crippen LogP contribution in [-0.2, 0) is 13.1 Å². The maximum Gasteiger partial charge on any atom is 0.200 e. The molecule has 0 unspecified atom stereocenters. The van der Waals surface area contributed by atoms with E-state index >= 15 is 0 Å². The molecule has 0 aliphatic heterocycles. The fourth-order valence-electron chi connectivity index (χ4n) is 2.05. The van der Waals surface area contributed by atoms with Crippen molar-refractivity contribution >= 4 is 11.6 Å². The minimum absolute atomic E-state index is 0.0126. The van der Waals surface area contributed by atoms with Gasteiger partial charge in [0.25, 0.3) is 0 Å². The second-order valence-corrected chi connectivity index (χ2v) is 5.02. The van der Waals surface area contributed by atoms with E-state index in [1.165, 1.54) is 14.2 Å². The van der Waals surface area contributed by atoms with Crippen LogP contribution in [0.4, 0.5) is 0 Å². The van der Waals surface area contributed by atoms with Crippen molar-refractivity contribution in [3.05, 3.63) is 52.5 Å². The molecule has 21 heavy (non-hydrogen) atoms. The number of phenolic OH excluding ortho intramolecular Hbond substituents is 1. The lowest BCUT2D eigenvalue weighted by atomic mass is 10.1. The largest absolute Gasteiger partial charge is 0.502 e. The normalized spacial score (nSPS) is 10.4. The highest BCUT2D eigenvalue weighted by atomic mass is 35.5. The lowest BCUT2D eigenvalue weighted by Crippen LogP contribution is -2.12. The molecular weight excluding hydrogens is 290 g/mol. The maximum atomic E-state index is 9.86. The van der Waals surface area contributed by atoms with Gasteiger partial charge in [-0.1, -0.05) is 23.7 Å². The molecule has 2 rings (SSSR count). The van der Waals surface area contributed by atoms with Crippen molar-refractivity contribution < 1.29 is 14.6 Å². The molecule has 4 nitrogen and oxygen atoms in total. The van der Waals surface area contributed by atoms with Gasteiger partial charge in [0, 0.05) is 18.1 Å². The Morgan fingerprint density at radius 3 is 2.19 bits per heavy atom. The average molecular weight is 308 g/mol. The van der Waals surface area contributed by atoms with Gasteiger partial charge in [-0.25, -0.2) is 0 Å². The minimum Gasteiger partial charge on any atom is -0.502 e. The van der Waals surface area contributed by atoms with Gasteiger partial charge in [0.1, 0.15) is 0 Å². The van der Waals surface area contributed by atoms with Gasteiger partial charge in [-0.2, -0.15) is 0 Å². The molecule has 0 amide bonds. The van der Waals surface area contributed by atoms with Crippen LogP contribution >= 0.6 is 11.6 Å². The molecule has 0 bridgehead atoms. The molecule has 0 radical (unpaired) electrons. The number of phenols is 1. The van der Waals surface area contributed by atoms with Crippen molar-refractivity contribution in [1.29, 1.82) is 0 Å². The summed E-state index contributed by atoms with van der Waals surface area (Å²) in [5.41, 5.74) is 2.07. The first-order valence-electron chi connectivity index (χ1n) is 6.53.